The van der Waals surface area contributed by atoms with Crippen LogP contribution in [-0.2, 0) is 4.79 Å². The average molecular weight is 283 g/mol. The van der Waals surface area contributed by atoms with Crippen molar-refractivity contribution in [3.05, 3.63) is 29.8 Å². The van der Waals surface area contributed by atoms with Gasteiger partial charge in [-0.15, -0.1) is 12.4 Å². The van der Waals surface area contributed by atoms with E-state index in [0.717, 1.165) is 5.69 Å². The lowest BCUT2D eigenvalue weighted by Gasteiger charge is -2.17. The predicted octanol–water partition coefficient (Wildman–Crippen LogP) is 3.31. The van der Waals surface area contributed by atoms with Crippen molar-refractivity contribution in [2.24, 2.45) is 0 Å². The van der Waals surface area contributed by atoms with E-state index in [4.69, 9.17) is 0 Å². The van der Waals surface area contributed by atoms with Gasteiger partial charge in [-0.1, -0.05) is 32.0 Å². The monoisotopic (exact) mass is 282 g/mol. The summed E-state index contributed by atoms with van der Waals surface area (Å²) in [5.41, 5.74) is 2.12. The Bertz CT molecular complexity index is 430. The fourth-order valence-electron chi connectivity index (χ4n) is 2.03. The Balaban J connectivity index is 0.00000180. The van der Waals surface area contributed by atoms with Gasteiger partial charge in [0.15, 0.2) is 0 Å². The zero-order valence-corrected chi connectivity index (χ0v) is 12.6. The smallest absolute Gasteiger partial charge is 0.241 e. The summed E-state index contributed by atoms with van der Waals surface area (Å²) in [5, 5.41) is 6.33. The van der Waals surface area contributed by atoms with Crippen LogP contribution in [0, 0.1) is 0 Å². The van der Waals surface area contributed by atoms with Crippen LogP contribution in [0.1, 0.15) is 45.1 Å². The van der Waals surface area contributed by atoms with Crippen LogP contribution in [0.2, 0.25) is 0 Å². The Hall–Kier alpha value is -1.06. The van der Waals surface area contributed by atoms with Gasteiger partial charge in [-0.25, -0.2) is 0 Å². The summed E-state index contributed by atoms with van der Waals surface area (Å²) in [6.07, 6.45) is 2.39. The molecule has 1 amide bonds. The van der Waals surface area contributed by atoms with Crippen LogP contribution < -0.4 is 10.6 Å². The molecular weight excluding hydrogens is 260 g/mol. The van der Waals surface area contributed by atoms with Crippen molar-refractivity contribution < 1.29 is 4.79 Å². The first-order valence-corrected chi connectivity index (χ1v) is 6.73. The van der Waals surface area contributed by atoms with E-state index in [0.29, 0.717) is 12.0 Å². The van der Waals surface area contributed by atoms with Gasteiger partial charge in [0.25, 0.3) is 0 Å². The number of nitrogens with one attached hydrogen (secondary N) is 2. The largest absolute Gasteiger partial charge is 0.324 e. The molecule has 19 heavy (non-hydrogen) atoms. The molecule has 3 nitrogen and oxygen atoms in total. The lowest BCUT2D eigenvalue weighted by molar-refractivity contribution is -0.117. The number of carbonyl (C=O) groups excluding carboxylic acids is 1. The van der Waals surface area contributed by atoms with E-state index in [9.17, 15) is 4.79 Å². The van der Waals surface area contributed by atoms with Crippen LogP contribution in [0.25, 0.3) is 0 Å². The van der Waals surface area contributed by atoms with Crippen LogP contribution in [0.4, 0.5) is 5.69 Å². The van der Waals surface area contributed by atoms with Gasteiger partial charge in [0.2, 0.25) is 5.91 Å². The second-order valence-corrected chi connectivity index (χ2v) is 5.39. The van der Waals surface area contributed by atoms with Gasteiger partial charge < -0.3 is 10.6 Å². The summed E-state index contributed by atoms with van der Waals surface area (Å²) in [4.78, 5) is 12.1. The third-order valence-electron chi connectivity index (χ3n) is 3.30. The molecule has 1 aromatic rings. The molecular formula is C15H23ClN2O. The van der Waals surface area contributed by atoms with Crippen LogP contribution >= 0.6 is 12.4 Å². The standard InChI is InChI=1S/C15H22N2O.ClH/c1-10(2)13-6-4-5-7-14(13)17-15(18)11(3)16-12-8-9-12;/h4-7,10-12,16H,8-9H2,1-3H3,(H,17,18);1H. The fourth-order valence-corrected chi connectivity index (χ4v) is 2.03. The van der Waals surface area contributed by atoms with Gasteiger partial charge in [0.1, 0.15) is 0 Å². The van der Waals surface area contributed by atoms with Crippen LogP contribution in [0.3, 0.4) is 0 Å². The minimum Gasteiger partial charge on any atom is -0.324 e. The molecule has 1 aliphatic carbocycles. The predicted molar refractivity (Wildman–Crippen MR) is 82.0 cm³/mol. The highest BCUT2D eigenvalue weighted by atomic mass is 35.5. The Morgan fingerprint density at radius 2 is 1.84 bits per heavy atom. The second-order valence-electron chi connectivity index (χ2n) is 5.39. The summed E-state index contributed by atoms with van der Waals surface area (Å²) in [5.74, 6) is 0.461. The summed E-state index contributed by atoms with van der Waals surface area (Å²) >= 11 is 0. The molecule has 0 saturated heterocycles. The Morgan fingerprint density at radius 3 is 2.42 bits per heavy atom. The Kier molecular flexibility index (Phi) is 5.83. The second kappa shape index (κ2) is 6.92. The molecule has 1 unspecified atom stereocenters. The lowest BCUT2D eigenvalue weighted by atomic mass is 10.0. The molecule has 1 fully saturated rings. The van der Waals surface area contributed by atoms with Gasteiger partial charge >= 0.3 is 0 Å². The molecule has 1 atom stereocenters. The number of amides is 1. The van der Waals surface area contributed by atoms with Gasteiger partial charge in [0, 0.05) is 11.7 Å². The van der Waals surface area contributed by atoms with E-state index < -0.39 is 0 Å². The van der Waals surface area contributed by atoms with Crippen molar-refractivity contribution in [2.45, 2.75) is 51.6 Å². The molecule has 0 radical (unpaired) electrons. The van der Waals surface area contributed by atoms with Crippen LogP contribution in [0.5, 0.6) is 0 Å². The molecule has 1 aliphatic rings. The van der Waals surface area contributed by atoms with E-state index in [-0.39, 0.29) is 24.4 Å². The SMILES string of the molecule is CC(NC1CC1)C(=O)Nc1ccccc1C(C)C.Cl. The summed E-state index contributed by atoms with van der Waals surface area (Å²) in [7, 11) is 0. The highest BCUT2D eigenvalue weighted by Crippen LogP contribution is 2.24. The average Bonchev–Trinajstić information content (AvgIpc) is 3.13. The van der Waals surface area contributed by atoms with Crippen LogP contribution in [0.15, 0.2) is 24.3 Å². The van der Waals surface area contributed by atoms with E-state index >= 15 is 0 Å². The number of carbonyl (C=O) groups is 1. The molecule has 2 N–H and O–H groups in total. The molecule has 0 aromatic heterocycles. The number of hydrogen-bond donors (Lipinski definition) is 2. The van der Waals surface area contributed by atoms with Gasteiger partial charge in [-0.2, -0.15) is 0 Å². The van der Waals surface area contributed by atoms with Gasteiger partial charge in [-0.05, 0) is 37.3 Å². The summed E-state index contributed by atoms with van der Waals surface area (Å²) in [6.45, 7) is 6.19. The molecule has 106 valence electrons. The van der Waals surface area contributed by atoms with Crippen molar-refractivity contribution in [1.82, 2.24) is 5.32 Å². The third-order valence-corrected chi connectivity index (χ3v) is 3.30. The van der Waals surface area contributed by atoms with Crippen LogP contribution in [-0.4, -0.2) is 18.0 Å². The maximum absolute atomic E-state index is 12.1. The van der Waals surface area contributed by atoms with Crippen molar-refractivity contribution >= 4 is 24.0 Å². The van der Waals surface area contributed by atoms with Gasteiger partial charge in [-0.3, -0.25) is 4.79 Å². The van der Waals surface area contributed by atoms with Crippen molar-refractivity contribution in [3.63, 3.8) is 0 Å². The highest BCUT2D eigenvalue weighted by molar-refractivity contribution is 5.95. The number of para-hydroxylation sites is 1. The normalized spacial score (nSPS) is 15.8. The topological polar surface area (TPSA) is 41.1 Å². The highest BCUT2D eigenvalue weighted by Gasteiger charge is 2.25. The van der Waals surface area contributed by atoms with E-state index in [1.165, 1.54) is 18.4 Å². The van der Waals surface area contributed by atoms with Gasteiger partial charge in [0.05, 0.1) is 6.04 Å². The molecule has 1 aromatic carbocycles. The van der Waals surface area contributed by atoms with Crippen molar-refractivity contribution in [1.29, 1.82) is 0 Å². The molecule has 0 bridgehead atoms. The fraction of sp³-hybridized carbons (Fsp3) is 0.533. The minimum absolute atomic E-state index is 0. The minimum atomic E-state index is -0.127. The molecule has 0 heterocycles. The zero-order valence-electron chi connectivity index (χ0n) is 11.8. The molecule has 0 spiro atoms. The first-order valence-electron chi connectivity index (χ1n) is 6.73. The Morgan fingerprint density at radius 1 is 1.21 bits per heavy atom. The zero-order chi connectivity index (χ0) is 13.1. The third kappa shape index (κ3) is 4.51. The molecule has 1 saturated carbocycles. The lowest BCUT2D eigenvalue weighted by Crippen LogP contribution is -2.39. The number of rotatable bonds is 5. The van der Waals surface area contributed by atoms with Crippen molar-refractivity contribution in [3.8, 4) is 0 Å². The number of benzene rings is 1. The molecule has 4 heteroatoms. The number of halogens is 1. The number of anilines is 1. The summed E-state index contributed by atoms with van der Waals surface area (Å²) < 4.78 is 0. The van der Waals surface area contributed by atoms with E-state index in [2.05, 4.69) is 30.5 Å². The van der Waals surface area contributed by atoms with E-state index in [1.54, 1.807) is 0 Å². The first kappa shape index (κ1) is 16.0. The first-order chi connectivity index (χ1) is 8.58. The maximum Gasteiger partial charge on any atom is 0.241 e. The quantitative estimate of drug-likeness (QED) is 0.870. The number of hydrogen-bond acceptors (Lipinski definition) is 2. The summed E-state index contributed by atoms with van der Waals surface area (Å²) in [6, 6.07) is 8.43. The van der Waals surface area contributed by atoms with Crippen molar-refractivity contribution in [2.75, 3.05) is 5.32 Å². The van der Waals surface area contributed by atoms with E-state index in [1.807, 2.05) is 25.1 Å². The maximum atomic E-state index is 12.1. The Labute approximate surface area is 121 Å². The molecule has 0 aliphatic heterocycles. The molecule has 2 rings (SSSR count).